The van der Waals surface area contributed by atoms with E-state index in [1.165, 1.54) is 18.6 Å². The van der Waals surface area contributed by atoms with Crippen molar-refractivity contribution < 1.29 is 13.6 Å². The molecule has 0 radical (unpaired) electrons. The highest BCUT2D eigenvalue weighted by Crippen LogP contribution is 2.42. The third kappa shape index (κ3) is 3.50. The second kappa shape index (κ2) is 7.02. The standard InChI is InChI=1S/C21H21F2N5O/c1-20(2,14-7-4-3-5-8-14)26-19(29)17-15-9-6-10-21(22,23)18(15)28(27-17)16-13-24-11-12-25-16/h3-5,7-8,11-13H,6,9-10H2,1-2H3,(H,26,29). The highest BCUT2D eigenvalue weighted by Gasteiger charge is 2.44. The number of aromatic nitrogens is 4. The van der Waals surface area contributed by atoms with E-state index >= 15 is 0 Å². The summed E-state index contributed by atoms with van der Waals surface area (Å²) < 4.78 is 30.6. The lowest BCUT2D eigenvalue weighted by Gasteiger charge is -2.27. The molecule has 29 heavy (non-hydrogen) atoms. The van der Waals surface area contributed by atoms with Gasteiger partial charge in [0.2, 0.25) is 0 Å². The van der Waals surface area contributed by atoms with Crippen LogP contribution in [0.2, 0.25) is 0 Å². The minimum atomic E-state index is -3.09. The molecule has 0 spiro atoms. The summed E-state index contributed by atoms with van der Waals surface area (Å²) in [5.74, 6) is -3.42. The summed E-state index contributed by atoms with van der Waals surface area (Å²) in [6.45, 7) is 3.72. The van der Waals surface area contributed by atoms with Crippen molar-refractivity contribution in [3.8, 4) is 5.82 Å². The average Bonchev–Trinajstić information content (AvgIpc) is 3.10. The van der Waals surface area contributed by atoms with Crippen molar-refractivity contribution in [1.29, 1.82) is 0 Å². The van der Waals surface area contributed by atoms with Gasteiger partial charge in [0.1, 0.15) is 5.69 Å². The van der Waals surface area contributed by atoms with Gasteiger partial charge in [-0.25, -0.2) is 9.67 Å². The zero-order valence-electron chi connectivity index (χ0n) is 16.2. The van der Waals surface area contributed by atoms with Crippen LogP contribution >= 0.6 is 0 Å². The van der Waals surface area contributed by atoms with Gasteiger partial charge in [-0.3, -0.25) is 9.78 Å². The topological polar surface area (TPSA) is 72.7 Å². The Kier molecular flexibility index (Phi) is 4.64. The molecule has 8 heteroatoms. The molecule has 1 aliphatic carbocycles. The molecular weight excluding hydrogens is 376 g/mol. The first-order chi connectivity index (χ1) is 13.8. The van der Waals surface area contributed by atoms with Gasteiger partial charge in [0.05, 0.1) is 11.7 Å². The molecule has 1 N–H and O–H groups in total. The number of fused-ring (bicyclic) bond motifs is 1. The first-order valence-corrected chi connectivity index (χ1v) is 9.44. The molecule has 150 valence electrons. The molecule has 1 aliphatic rings. The predicted octanol–water partition coefficient (Wildman–Crippen LogP) is 3.76. The smallest absolute Gasteiger partial charge is 0.290 e. The van der Waals surface area contributed by atoms with Crippen molar-refractivity contribution in [2.75, 3.05) is 0 Å². The molecule has 1 amide bonds. The second-order valence-corrected chi connectivity index (χ2v) is 7.65. The fraction of sp³-hybridized carbons (Fsp3) is 0.333. The maximum Gasteiger partial charge on any atom is 0.290 e. The number of rotatable bonds is 4. The molecule has 2 heterocycles. The van der Waals surface area contributed by atoms with Crippen molar-refractivity contribution in [3.63, 3.8) is 0 Å². The van der Waals surface area contributed by atoms with Gasteiger partial charge < -0.3 is 5.32 Å². The van der Waals surface area contributed by atoms with Gasteiger partial charge in [-0.1, -0.05) is 30.3 Å². The number of alkyl halides is 2. The molecule has 0 fully saturated rings. The molecule has 4 rings (SSSR count). The molecule has 0 aliphatic heterocycles. The summed E-state index contributed by atoms with van der Waals surface area (Å²) in [6.07, 6.45) is 4.57. The number of hydrogen-bond acceptors (Lipinski definition) is 4. The van der Waals surface area contributed by atoms with Crippen LogP contribution in [0.15, 0.2) is 48.9 Å². The van der Waals surface area contributed by atoms with E-state index in [0.29, 0.717) is 6.42 Å². The molecule has 1 aromatic carbocycles. The lowest BCUT2D eigenvalue weighted by molar-refractivity contribution is -0.0283. The fourth-order valence-corrected chi connectivity index (χ4v) is 3.69. The minimum Gasteiger partial charge on any atom is -0.342 e. The van der Waals surface area contributed by atoms with Gasteiger partial charge >= 0.3 is 0 Å². The Bertz CT molecular complexity index is 1030. The highest BCUT2D eigenvalue weighted by atomic mass is 19.3. The van der Waals surface area contributed by atoms with Gasteiger partial charge in [0.25, 0.3) is 11.8 Å². The number of carbonyl (C=O) groups excluding carboxylic acids is 1. The molecule has 2 aromatic heterocycles. The van der Waals surface area contributed by atoms with E-state index in [4.69, 9.17) is 0 Å². The molecule has 3 aromatic rings. The van der Waals surface area contributed by atoms with Gasteiger partial charge in [-0.2, -0.15) is 13.9 Å². The van der Waals surface area contributed by atoms with E-state index in [1.54, 1.807) is 0 Å². The van der Waals surface area contributed by atoms with Crippen LogP contribution in [0.3, 0.4) is 0 Å². The van der Waals surface area contributed by atoms with Crippen molar-refractivity contribution in [2.24, 2.45) is 0 Å². The number of hydrogen-bond donors (Lipinski definition) is 1. The molecule has 0 atom stereocenters. The quantitative estimate of drug-likeness (QED) is 0.728. The van der Waals surface area contributed by atoms with Crippen molar-refractivity contribution in [1.82, 2.24) is 25.1 Å². The third-order valence-electron chi connectivity index (χ3n) is 5.15. The third-order valence-corrected chi connectivity index (χ3v) is 5.15. The van der Waals surface area contributed by atoms with Crippen LogP contribution in [0, 0.1) is 0 Å². The van der Waals surface area contributed by atoms with Crippen molar-refractivity contribution in [3.05, 3.63) is 71.4 Å². The van der Waals surface area contributed by atoms with Crippen LogP contribution in [0.5, 0.6) is 0 Å². The van der Waals surface area contributed by atoms with E-state index in [-0.39, 0.29) is 35.6 Å². The Balaban J connectivity index is 1.77. The number of nitrogens with one attached hydrogen (secondary N) is 1. The normalized spacial score (nSPS) is 15.6. The maximum absolute atomic E-state index is 14.8. The monoisotopic (exact) mass is 397 g/mol. The Labute approximate surface area is 167 Å². The molecular formula is C21H21F2N5O. The number of halogens is 2. The second-order valence-electron chi connectivity index (χ2n) is 7.65. The van der Waals surface area contributed by atoms with E-state index in [9.17, 15) is 13.6 Å². The van der Waals surface area contributed by atoms with E-state index < -0.39 is 17.4 Å². The van der Waals surface area contributed by atoms with Crippen molar-refractivity contribution >= 4 is 5.91 Å². The van der Waals surface area contributed by atoms with E-state index in [2.05, 4.69) is 20.4 Å². The largest absolute Gasteiger partial charge is 0.342 e. The zero-order valence-corrected chi connectivity index (χ0v) is 16.2. The first-order valence-electron chi connectivity index (χ1n) is 9.44. The SMILES string of the molecule is CC(C)(NC(=O)c1nn(-c2cnccn2)c2c1CCCC2(F)F)c1ccccc1. The molecule has 0 saturated carbocycles. The Hall–Kier alpha value is -3.16. The lowest BCUT2D eigenvalue weighted by Crippen LogP contribution is -2.41. The molecule has 0 bridgehead atoms. The zero-order chi connectivity index (χ0) is 20.6. The highest BCUT2D eigenvalue weighted by molar-refractivity contribution is 5.94. The number of benzene rings is 1. The van der Waals surface area contributed by atoms with Crippen LogP contribution in [0.25, 0.3) is 5.82 Å². The maximum atomic E-state index is 14.8. The molecule has 6 nitrogen and oxygen atoms in total. The Morgan fingerprint density at radius 2 is 1.97 bits per heavy atom. The molecule has 0 unspecified atom stereocenters. The number of nitrogens with zero attached hydrogens (tertiary/aromatic N) is 4. The Morgan fingerprint density at radius 3 is 2.66 bits per heavy atom. The minimum absolute atomic E-state index is 0.00836. The van der Waals surface area contributed by atoms with Crippen LogP contribution < -0.4 is 5.32 Å². The van der Waals surface area contributed by atoms with Gasteiger partial charge in [-0.05, 0) is 32.3 Å². The van der Waals surface area contributed by atoms with E-state index in [0.717, 1.165) is 10.2 Å². The van der Waals surface area contributed by atoms with Crippen molar-refractivity contribution in [2.45, 2.75) is 44.6 Å². The molecule has 0 saturated heterocycles. The van der Waals surface area contributed by atoms with Gasteiger partial charge in [0, 0.05) is 24.4 Å². The van der Waals surface area contributed by atoms with Gasteiger partial charge in [-0.15, -0.1) is 0 Å². The number of carbonyl (C=O) groups is 1. The summed E-state index contributed by atoms with van der Waals surface area (Å²) in [6, 6.07) is 9.47. The van der Waals surface area contributed by atoms with Crippen LogP contribution in [-0.4, -0.2) is 25.7 Å². The van der Waals surface area contributed by atoms with E-state index in [1.807, 2.05) is 44.2 Å². The van der Waals surface area contributed by atoms with Gasteiger partial charge in [0.15, 0.2) is 11.5 Å². The summed E-state index contributed by atoms with van der Waals surface area (Å²) in [5, 5.41) is 7.19. The fourth-order valence-electron chi connectivity index (χ4n) is 3.69. The first kappa shape index (κ1) is 19.2. The Morgan fingerprint density at radius 1 is 1.21 bits per heavy atom. The summed E-state index contributed by atoms with van der Waals surface area (Å²) in [7, 11) is 0. The van der Waals surface area contributed by atoms with Crippen LogP contribution in [0.1, 0.15) is 54.0 Å². The van der Waals surface area contributed by atoms with Crippen LogP contribution in [0.4, 0.5) is 8.78 Å². The number of amides is 1. The summed E-state index contributed by atoms with van der Waals surface area (Å²) in [4.78, 5) is 21.1. The predicted molar refractivity (Wildman–Crippen MR) is 103 cm³/mol. The van der Waals surface area contributed by atoms with Crippen LogP contribution in [-0.2, 0) is 17.9 Å². The lowest BCUT2D eigenvalue weighted by atomic mass is 9.91. The average molecular weight is 397 g/mol. The summed E-state index contributed by atoms with van der Waals surface area (Å²) >= 11 is 0. The summed E-state index contributed by atoms with van der Waals surface area (Å²) in [5.41, 5.74) is 0.216.